The zero-order valence-corrected chi connectivity index (χ0v) is 13.8. The lowest BCUT2D eigenvalue weighted by molar-refractivity contribution is -0.384. The first-order valence-corrected chi connectivity index (χ1v) is 7.56. The molecule has 0 saturated carbocycles. The third-order valence-electron chi connectivity index (χ3n) is 3.47. The molecule has 2 aromatic heterocycles. The summed E-state index contributed by atoms with van der Waals surface area (Å²) in [7, 11) is 0. The summed E-state index contributed by atoms with van der Waals surface area (Å²) in [5, 5.41) is 14.7. The number of fused-ring (bicyclic) bond motifs is 1. The van der Waals surface area contributed by atoms with Crippen molar-refractivity contribution in [2.45, 2.75) is 6.92 Å². The van der Waals surface area contributed by atoms with E-state index < -0.39 is 10.8 Å². The number of nitro benzene ring substituents is 1. The Balaban J connectivity index is 1.80. The van der Waals surface area contributed by atoms with E-state index in [1.165, 1.54) is 18.3 Å². The first kappa shape index (κ1) is 16.6. The number of carbonyl (C=O) groups is 1. The average molecular weight is 358 g/mol. The summed E-state index contributed by atoms with van der Waals surface area (Å²) in [6.07, 6.45) is 3.04. The Labute approximate surface area is 146 Å². The Hall–Kier alpha value is -3.26. The molecule has 3 rings (SSSR count). The fourth-order valence-corrected chi connectivity index (χ4v) is 2.54. The second-order valence-corrected chi connectivity index (χ2v) is 5.55. The number of halogens is 1. The summed E-state index contributed by atoms with van der Waals surface area (Å²) in [4.78, 5) is 26.9. The van der Waals surface area contributed by atoms with Crippen LogP contribution in [0.15, 0.2) is 47.7 Å². The molecule has 25 heavy (non-hydrogen) atoms. The van der Waals surface area contributed by atoms with Gasteiger partial charge in [-0.1, -0.05) is 23.7 Å². The molecule has 0 aliphatic heterocycles. The number of hydrogen-bond acceptors (Lipinski definition) is 5. The van der Waals surface area contributed by atoms with Gasteiger partial charge in [0.05, 0.1) is 16.8 Å². The molecule has 1 aromatic carbocycles. The SMILES string of the molecule is Cc1nc2ccccn2c1C(=O)NN=Cc1ccc(Cl)c([N+](=O)[O-])c1. The molecule has 9 heteroatoms. The van der Waals surface area contributed by atoms with Gasteiger partial charge in [-0.05, 0) is 25.1 Å². The molecule has 0 radical (unpaired) electrons. The predicted octanol–water partition coefficient (Wildman–Crippen LogP) is 2.97. The molecular weight excluding hydrogens is 346 g/mol. The first-order valence-electron chi connectivity index (χ1n) is 7.18. The van der Waals surface area contributed by atoms with Crippen LogP contribution in [0.25, 0.3) is 5.65 Å². The van der Waals surface area contributed by atoms with Gasteiger partial charge in [0.25, 0.3) is 11.6 Å². The van der Waals surface area contributed by atoms with Gasteiger partial charge in [-0.2, -0.15) is 5.10 Å². The van der Waals surface area contributed by atoms with Gasteiger partial charge in [0.1, 0.15) is 16.4 Å². The minimum atomic E-state index is -0.583. The van der Waals surface area contributed by atoms with Crippen LogP contribution in [0.3, 0.4) is 0 Å². The van der Waals surface area contributed by atoms with E-state index in [9.17, 15) is 14.9 Å². The van der Waals surface area contributed by atoms with Gasteiger partial charge in [-0.25, -0.2) is 10.4 Å². The van der Waals surface area contributed by atoms with Crippen molar-refractivity contribution in [2.75, 3.05) is 0 Å². The molecule has 0 unspecified atom stereocenters. The quantitative estimate of drug-likeness (QED) is 0.440. The maximum atomic E-state index is 12.3. The van der Waals surface area contributed by atoms with Crippen LogP contribution in [0.5, 0.6) is 0 Å². The number of imidazole rings is 1. The van der Waals surface area contributed by atoms with Gasteiger partial charge >= 0.3 is 0 Å². The number of hydrazone groups is 1. The highest BCUT2D eigenvalue weighted by Crippen LogP contribution is 2.24. The molecule has 1 N–H and O–H groups in total. The molecule has 2 heterocycles. The highest BCUT2D eigenvalue weighted by molar-refractivity contribution is 6.32. The molecule has 0 saturated heterocycles. The average Bonchev–Trinajstić information content (AvgIpc) is 2.91. The molecule has 8 nitrogen and oxygen atoms in total. The van der Waals surface area contributed by atoms with Gasteiger partial charge in [-0.3, -0.25) is 19.3 Å². The van der Waals surface area contributed by atoms with E-state index in [1.807, 2.05) is 6.07 Å². The maximum absolute atomic E-state index is 12.3. The van der Waals surface area contributed by atoms with E-state index >= 15 is 0 Å². The van der Waals surface area contributed by atoms with Crippen molar-refractivity contribution in [2.24, 2.45) is 5.10 Å². The summed E-state index contributed by atoms with van der Waals surface area (Å²) in [6.45, 7) is 1.73. The number of rotatable bonds is 4. The summed E-state index contributed by atoms with van der Waals surface area (Å²) >= 11 is 5.75. The van der Waals surface area contributed by atoms with E-state index in [0.29, 0.717) is 22.6 Å². The van der Waals surface area contributed by atoms with Crippen molar-refractivity contribution in [1.29, 1.82) is 0 Å². The fourth-order valence-electron chi connectivity index (χ4n) is 2.36. The number of nitro groups is 1. The van der Waals surface area contributed by atoms with E-state index in [0.717, 1.165) is 0 Å². The minimum absolute atomic E-state index is 0.0348. The van der Waals surface area contributed by atoms with Crippen LogP contribution < -0.4 is 5.43 Å². The van der Waals surface area contributed by atoms with Gasteiger partial charge in [0.15, 0.2) is 0 Å². The minimum Gasteiger partial charge on any atom is -0.295 e. The highest BCUT2D eigenvalue weighted by Gasteiger charge is 2.16. The molecule has 0 fully saturated rings. The molecule has 126 valence electrons. The Morgan fingerprint density at radius 2 is 2.20 bits per heavy atom. The number of pyridine rings is 1. The Kier molecular flexibility index (Phi) is 4.44. The topological polar surface area (TPSA) is 102 Å². The van der Waals surface area contributed by atoms with E-state index in [-0.39, 0.29) is 10.7 Å². The number of amides is 1. The molecule has 3 aromatic rings. The zero-order valence-electron chi connectivity index (χ0n) is 13.0. The van der Waals surface area contributed by atoms with Crippen LogP contribution >= 0.6 is 11.6 Å². The fraction of sp³-hybridized carbons (Fsp3) is 0.0625. The second kappa shape index (κ2) is 6.70. The maximum Gasteiger partial charge on any atom is 0.290 e. The Morgan fingerprint density at radius 1 is 1.40 bits per heavy atom. The molecule has 0 atom stereocenters. The smallest absolute Gasteiger partial charge is 0.290 e. The van der Waals surface area contributed by atoms with Crippen LogP contribution in [-0.4, -0.2) is 26.4 Å². The Bertz CT molecular complexity index is 1010. The van der Waals surface area contributed by atoms with Gasteiger partial charge < -0.3 is 0 Å². The number of carbonyl (C=O) groups excluding carboxylic acids is 1. The zero-order chi connectivity index (χ0) is 18.0. The van der Waals surface area contributed by atoms with E-state index in [2.05, 4.69) is 15.5 Å². The number of hydrogen-bond donors (Lipinski definition) is 1. The molecule has 0 spiro atoms. The molecule has 0 bridgehead atoms. The molecule has 1 amide bonds. The van der Waals surface area contributed by atoms with Gasteiger partial charge in [-0.15, -0.1) is 0 Å². The predicted molar refractivity (Wildman–Crippen MR) is 93.1 cm³/mol. The van der Waals surface area contributed by atoms with Crippen LogP contribution in [0.1, 0.15) is 21.7 Å². The van der Waals surface area contributed by atoms with Crippen molar-refractivity contribution in [3.05, 3.63) is 74.7 Å². The summed E-state index contributed by atoms with van der Waals surface area (Å²) < 4.78 is 1.66. The monoisotopic (exact) mass is 357 g/mol. The first-order chi connectivity index (χ1) is 12.0. The third-order valence-corrected chi connectivity index (χ3v) is 3.79. The van der Waals surface area contributed by atoms with Gasteiger partial charge in [0, 0.05) is 17.8 Å². The van der Waals surface area contributed by atoms with E-state index in [1.54, 1.807) is 35.7 Å². The molecule has 0 aliphatic carbocycles. The number of nitrogens with one attached hydrogen (secondary N) is 1. The van der Waals surface area contributed by atoms with Gasteiger partial charge in [0.2, 0.25) is 0 Å². The normalized spacial score (nSPS) is 11.1. The molecule has 0 aliphatic rings. The number of nitrogens with zero attached hydrogens (tertiary/aromatic N) is 4. The van der Waals surface area contributed by atoms with E-state index in [4.69, 9.17) is 11.6 Å². The van der Waals surface area contributed by atoms with Crippen molar-refractivity contribution in [3.8, 4) is 0 Å². The van der Waals surface area contributed by atoms with Crippen LogP contribution in [0.4, 0.5) is 5.69 Å². The third kappa shape index (κ3) is 3.33. The van der Waals surface area contributed by atoms with Crippen molar-refractivity contribution in [3.63, 3.8) is 0 Å². The van der Waals surface area contributed by atoms with Crippen molar-refractivity contribution < 1.29 is 9.72 Å². The number of aryl methyl sites for hydroxylation is 1. The largest absolute Gasteiger partial charge is 0.295 e. The Morgan fingerprint density at radius 3 is 2.96 bits per heavy atom. The summed E-state index contributed by atoms with van der Waals surface area (Å²) in [5.41, 5.74) is 4.20. The lowest BCUT2D eigenvalue weighted by Crippen LogP contribution is -2.20. The van der Waals surface area contributed by atoms with Crippen LogP contribution in [-0.2, 0) is 0 Å². The van der Waals surface area contributed by atoms with Crippen LogP contribution in [0.2, 0.25) is 5.02 Å². The van der Waals surface area contributed by atoms with Crippen LogP contribution in [0, 0.1) is 17.0 Å². The second-order valence-electron chi connectivity index (χ2n) is 5.14. The summed E-state index contributed by atoms with van der Waals surface area (Å²) in [6, 6.07) is 9.65. The van der Waals surface area contributed by atoms with Crippen molar-refractivity contribution >= 4 is 35.1 Å². The highest BCUT2D eigenvalue weighted by atomic mass is 35.5. The number of aromatic nitrogens is 2. The summed E-state index contributed by atoms with van der Waals surface area (Å²) in [5.74, 6) is -0.434. The standard InChI is InChI=1S/C16H12ClN5O3/c1-10-15(21-7-3-2-4-14(21)19-10)16(23)20-18-9-11-5-6-12(17)13(8-11)22(24)25/h2-9H,1H3,(H,20,23). The molecular formula is C16H12ClN5O3. The lowest BCUT2D eigenvalue weighted by Gasteiger charge is -2.01. The number of benzene rings is 1. The van der Waals surface area contributed by atoms with Crippen molar-refractivity contribution in [1.82, 2.24) is 14.8 Å². The lowest BCUT2D eigenvalue weighted by atomic mass is 10.2.